The average molecular weight is 303 g/mol. The minimum atomic E-state index is -0.562. The van der Waals surface area contributed by atoms with Gasteiger partial charge in [0, 0.05) is 11.8 Å². The molecule has 0 fully saturated rings. The Morgan fingerprint density at radius 1 is 1.00 bits per heavy atom. The Labute approximate surface area is 128 Å². The van der Waals surface area contributed by atoms with Crippen molar-refractivity contribution in [3.05, 3.63) is 36.5 Å². The van der Waals surface area contributed by atoms with Gasteiger partial charge in [-0.2, -0.15) is 0 Å². The highest BCUT2D eigenvalue weighted by atomic mass is 16.5. The van der Waals surface area contributed by atoms with Gasteiger partial charge < -0.3 is 19.5 Å². The van der Waals surface area contributed by atoms with Gasteiger partial charge >= 0.3 is 6.09 Å². The van der Waals surface area contributed by atoms with E-state index in [1.807, 2.05) is 18.2 Å². The number of benzene rings is 1. The number of anilines is 3. The molecule has 0 aliphatic carbocycles. The number of carbonyl (C=O) groups excluding carboxylic acids is 1. The van der Waals surface area contributed by atoms with Crippen LogP contribution in [0.3, 0.4) is 0 Å². The van der Waals surface area contributed by atoms with Crippen LogP contribution in [0, 0.1) is 0 Å². The Bertz CT molecular complexity index is 644. The highest BCUT2D eigenvalue weighted by Crippen LogP contribution is 2.31. The number of carbonyl (C=O) groups is 1. The van der Waals surface area contributed by atoms with Gasteiger partial charge in [-0.1, -0.05) is 0 Å². The maximum absolute atomic E-state index is 11.1. The van der Waals surface area contributed by atoms with E-state index in [-0.39, 0.29) is 0 Å². The molecule has 0 radical (unpaired) electrons. The van der Waals surface area contributed by atoms with E-state index in [1.165, 1.54) is 7.11 Å². The predicted octanol–water partition coefficient (Wildman–Crippen LogP) is 3.02. The lowest BCUT2D eigenvalue weighted by Gasteiger charge is -2.11. The van der Waals surface area contributed by atoms with Crippen molar-refractivity contribution in [1.29, 1.82) is 0 Å². The number of aromatic nitrogens is 1. The summed E-state index contributed by atoms with van der Waals surface area (Å²) >= 11 is 0. The molecule has 2 aromatic rings. The summed E-state index contributed by atoms with van der Waals surface area (Å²) in [4.78, 5) is 15.2. The van der Waals surface area contributed by atoms with E-state index in [9.17, 15) is 4.79 Å². The van der Waals surface area contributed by atoms with Gasteiger partial charge in [0.1, 0.15) is 5.82 Å². The number of rotatable bonds is 5. The summed E-state index contributed by atoms with van der Waals surface area (Å²) in [7, 11) is 4.46. The molecule has 0 aliphatic heterocycles. The van der Waals surface area contributed by atoms with Crippen LogP contribution in [0.2, 0.25) is 0 Å². The number of nitrogens with one attached hydrogen (secondary N) is 2. The molecular formula is C15H17N3O4. The van der Waals surface area contributed by atoms with Crippen LogP contribution in [-0.2, 0) is 4.74 Å². The molecule has 22 heavy (non-hydrogen) atoms. The van der Waals surface area contributed by atoms with Gasteiger partial charge in [0.15, 0.2) is 11.5 Å². The molecule has 0 bridgehead atoms. The van der Waals surface area contributed by atoms with E-state index in [0.717, 1.165) is 11.4 Å². The summed E-state index contributed by atoms with van der Waals surface area (Å²) in [6.45, 7) is 0. The van der Waals surface area contributed by atoms with Crippen molar-refractivity contribution >= 4 is 23.3 Å². The SMILES string of the molecule is COC(=O)Nc1ccc(Nc2ccc(OC)c(OC)c2)cn1. The van der Waals surface area contributed by atoms with E-state index in [4.69, 9.17) is 9.47 Å². The Kier molecular flexibility index (Phi) is 5.02. The van der Waals surface area contributed by atoms with Crippen LogP contribution < -0.4 is 20.1 Å². The zero-order valence-electron chi connectivity index (χ0n) is 12.5. The van der Waals surface area contributed by atoms with E-state index in [0.29, 0.717) is 17.3 Å². The summed E-state index contributed by atoms with van der Waals surface area (Å²) in [5.74, 6) is 1.69. The third-order valence-electron chi connectivity index (χ3n) is 2.85. The van der Waals surface area contributed by atoms with Gasteiger partial charge in [-0.15, -0.1) is 0 Å². The molecule has 0 saturated heterocycles. The van der Waals surface area contributed by atoms with Crippen molar-refractivity contribution in [3.8, 4) is 11.5 Å². The molecule has 0 spiro atoms. The first kappa shape index (κ1) is 15.4. The smallest absolute Gasteiger partial charge is 0.412 e. The van der Waals surface area contributed by atoms with E-state index in [2.05, 4.69) is 20.4 Å². The molecule has 1 heterocycles. The third-order valence-corrected chi connectivity index (χ3v) is 2.85. The van der Waals surface area contributed by atoms with Crippen LogP contribution >= 0.6 is 0 Å². The zero-order valence-corrected chi connectivity index (χ0v) is 12.5. The van der Waals surface area contributed by atoms with Crippen LogP contribution in [0.1, 0.15) is 0 Å². The first-order valence-electron chi connectivity index (χ1n) is 6.46. The molecule has 0 aliphatic rings. The Hall–Kier alpha value is -2.96. The van der Waals surface area contributed by atoms with Gasteiger partial charge in [-0.05, 0) is 24.3 Å². The highest BCUT2D eigenvalue weighted by Gasteiger charge is 2.05. The Morgan fingerprint density at radius 3 is 2.32 bits per heavy atom. The lowest BCUT2D eigenvalue weighted by atomic mass is 10.2. The fourth-order valence-electron chi connectivity index (χ4n) is 1.78. The lowest BCUT2D eigenvalue weighted by molar-refractivity contribution is 0.187. The second-order valence-electron chi connectivity index (χ2n) is 4.24. The van der Waals surface area contributed by atoms with Crippen LogP contribution in [0.5, 0.6) is 11.5 Å². The predicted molar refractivity (Wildman–Crippen MR) is 83.1 cm³/mol. The molecule has 0 unspecified atom stereocenters. The topological polar surface area (TPSA) is 81.7 Å². The third kappa shape index (κ3) is 3.78. The maximum Gasteiger partial charge on any atom is 0.412 e. The standard InChI is InChI=1S/C15H17N3O4/c1-20-12-6-4-10(8-13(12)21-2)17-11-5-7-14(16-9-11)18-15(19)22-3/h4-9,17H,1-3H3,(H,16,18,19). The van der Waals surface area contributed by atoms with Gasteiger partial charge in [0.2, 0.25) is 0 Å². The zero-order chi connectivity index (χ0) is 15.9. The molecule has 1 aromatic carbocycles. The van der Waals surface area contributed by atoms with Crippen LogP contribution in [0.25, 0.3) is 0 Å². The van der Waals surface area contributed by atoms with Gasteiger partial charge in [-0.3, -0.25) is 5.32 Å². The van der Waals surface area contributed by atoms with Gasteiger partial charge in [0.05, 0.1) is 33.2 Å². The minimum absolute atomic E-state index is 0.407. The van der Waals surface area contributed by atoms with Gasteiger partial charge in [-0.25, -0.2) is 9.78 Å². The average Bonchev–Trinajstić information content (AvgIpc) is 2.56. The number of hydrogen-bond acceptors (Lipinski definition) is 6. The molecule has 0 saturated carbocycles. The van der Waals surface area contributed by atoms with E-state index < -0.39 is 6.09 Å². The molecule has 7 nitrogen and oxygen atoms in total. The maximum atomic E-state index is 11.1. The first-order valence-corrected chi connectivity index (χ1v) is 6.46. The first-order chi connectivity index (χ1) is 10.7. The largest absolute Gasteiger partial charge is 0.493 e. The monoisotopic (exact) mass is 303 g/mol. The number of ether oxygens (including phenoxy) is 3. The fourth-order valence-corrected chi connectivity index (χ4v) is 1.78. The van der Waals surface area contributed by atoms with Crippen molar-refractivity contribution in [2.24, 2.45) is 0 Å². The molecule has 1 amide bonds. The summed E-state index contributed by atoms with van der Waals surface area (Å²) in [6.07, 6.45) is 1.04. The van der Waals surface area contributed by atoms with Crippen molar-refractivity contribution in [2.45, 2.75) is 0 Å². The van der Waals surface area contributed by atoms with Crippen LogP contribution in [0.15, 0.2) is 36.5 Å². The number of nitrogens with zero attached hydrogens (tertiary/aromatic N) is 1. The fraction of sp³-hybridized carbons (Fsp3) is 0.200. The normalized spacial score (nSPS) is 9.77. The van der Waals surface area contributed by atoms with E-state index >= 15 is 0 Å². The van der Waals surface area contributed by atoms with Crippen molar-refractivity contribution < 1.29 is 19.0 Å². The van der Waals surface area contributed by atoms with E-state index in [1.54, 1.807) is 32.5 Å². The Morgan fingerprint density at radius 2 is 1.73 bits per heavy atom. The molecular weight excluding hydrogens is 286 g/mol. The highest BCUT2D eigenvalue weighted by molar-refractivity contribution is 5.83. The van der Waals surface area contributed by atoms with Crippen LogP contribution in [0.4, 0.5) is 22.0 Å². The molecule has 116 valence electrons. The number of hydrogen-bond donors (Lipinski definition) is 2. The van der Waals surface area contributed by atoms with Crippen LogP contribution in [-0.4, -0.2) is 32.4 Å². The summed E-state index contributed by atoms with van der Waals surface area (Å²) in [5, 5.41) is 5.66. The van der Waals surface area contributed by atoms with Crippen molar-refractivity contribution in [2.75, 3.05) is 32.0 Å². The van der Waals surface area contributed by atoms with Crippen molar-refractivity contribution in [3.63, 3.8) is 0 Å². The molecule has 0 atom stereocenters. The second-order valence-corrected chi connectivity index (χ2v) is 4.24. The Balaban J connectivity index is 2.09. The summed E-state index contributed by atoms with van der Waals surface area (Å²) in [5.41, 5.74) is 1.59. The summed E-state index contributed by atoms with van der Waals surface area (Å²) in [6, 6.07) is 8.94. The lowest BCUT2D eigenvalue weighted by Crippen LogP contribution is -2.11. The molecule has 7 heteroatoms. The number of methoxy groups -OCH3 is 3. The minimum Gasteiger partial charge on any atom is -0.493 e. The molecule has 1 aromatic heterocycles. The second kappa shape index (κ2) is 7.16. The van der Waals surface area contributed by atoms with Gasteiger partial charge in [0.25, 0.3) is 0 Å². The molecule has 2 N–H and O–H groups in total. The molecule has 2 rings (SSSR count). The van der Waals surface area contributed by atoms with Crippen molar-refractivity contribution in [1.82, 2.24) is 4.98 Å². The number of pyridine rings is 1. The number of amides is 1. The summed E-state index contributed by atoms with van der Waals surface area (Å²) < 4.78 is 14.9. The quantitative estimate of drug-likeness (QED) is 0.883.